The summed E-state index contributed by atoms with van der Waals surface area (Å²) in [6.07, 6.45) is 8.36. The zero-order chi connectivity index (χ0) is 24.2. The molecule has 35 heavy (non-hydrogen) atoms. The Morgan fingerprint density at radius 2 is 1.74 bits per heavy atom. The van der Waals surface area contributed by atoms with Crippen LogP contribution in [0.15, 0.2) is 73.1 Å². The third-order valence-corrected chi connectivity index (χ3v) is 6.33. The summed E-state index contributed by atoms with van der Waals surface area (Å²) in [5.41, 5.74) is 8.70. The van der Waals surface area contributed by atoms with Crippen LogP contribution in [0.1, 0.15) is 38.6 Å². The average Bonchev–Trinajstić information content (AvgIpc) is 3.27. The summed E-state index contributed by atoms with van der Waals surface area (Å²) in [7, 11) is 0. The molecule has 0 atom stereocenters. The van der Waals surface area contributed by atoms with E-state index in [2.05, 4.69) is 15.3 Å². The van der Waals surface area contributed by atoms with Gasteiger partial charge in [0, 0.05) is 11.6 Å². The Morgan fingerprint density at radius 1 is 1.03 bits per heavy atom. The van der Waals surface area contributed by atoms with E-state index in [-0.39, 0.29) is 18.0 Å². The number of carbonyl (C=O) groups is 1. The summed E-state index contributed by atoms with van der Waals surface area (Å²) in [5.74, 6) is 1.90. The van der Waals surface area contributed by atoms with Gasteiger partial charge in [-0.15, -0.1) is 0 Å². The molecule has 4 aromatic rings. The lowest BCUT2D eigenvalue weighted by Crippen LogP contribution is -2.37. The number of rotatable bonds is 6. The normalized spacial score (nSPS) is 18.1. The number of amides is 1. The van der Waals surface area contributed by atoms with Crippen LogP contribution in [0.5, 0.6) is 11.5 Å². The largest absolute Gasteiger partial charge is 0.457 e. The van der Waals surface area contributed by atoms with Crippen molar-refractivity contribution < 1.29 is 9.53 Å². The number of nitrogens with one attached hydrogen (secondary N) is 1. The lowest BCUT2D eigenvalue weighted by atomic mass is 9.91. The molecule has 2 aromatic heterocycles. The van der Waals surface area contributed by atoms with Crippen molar-refractivity contribution >= 4 is 22.8 Å². The van der Waals surface area contributed by atoms with Gasteiger partial charge in [0.05, 0.1) is 11.4 Å². The van der Waals surface area contributed by atoms with Gasteiger partial charge < -0.3 is 15.8 Å². The maximum absolute atomic E-state index is 11.9. The van der Waals surface area contributed by atoms with Crippen LogP contribution >= 0.6 is 0 Å². The number of fused-ring (bicyclic) bond motifs is 1. The SMILES string of the molecule is CC=CC(=O)NC1CCC(n2nc(-c3ccc(Oc4ccccc4)cc3)c3c(N)ncnc32)CC1. The number of anilines is 1. The summed E-state index contributed by atoms with van der Waals surface area (Å²) in [4.78, 5) is 20.7. The minimum Gasteiger partial charge on any atom is -0.457 e. The first-order valence-electron chi connectivity index (χ1n) is 11.9. The number of nitrogens with zero attached hydrogens (tertiary/aromatic N) is 4. The van der Waals surface area contributed by atoms with Gasteiger partial charge in [-0.2, -0.15) is 5.10 Å². The van der Waals surface area contributed by atoms with Gasteiger partial charge in [-0.25, -0.2) is 14.6 Å². The summed E-state index contributed by atoms with van der Waals surface area (Å²) in [6.45, 7) is 1.84. The van der Waals surface area contributed by atoms with Gasteiger partial charge in [-0.1, -0.05) is 24.3 Å². The van der Waals surface area contributed by atoms with Gasteiger partial charge in [0.25, 0.3) is 0 Å². The van der Waals surface area contributed by atoms with Gasteiger partial charge in [0.2, 0.25) is 5.91 Å². The highest BCUT2D eigenvalue weighted by Gasteiger charge is 2.27. The van der Waals surface area contributed by atoms with E-state index in [1.54, 1.807) is 12.2 Å². The van der Waals surface area contributed by atoms with Gasteiger partial charge in [0.1, 0.15) is 29.3 Å². The topological polar surface area (TPSA) is 108 Å². The fraction of sp³-hybridized carbons (Fsp3) is 0.259. The van der Waals surface area contributed by atoms with Crippen LogP contribution in [0.3, 0.4) is 0 Å². The molecular weight excluding hydrogens is 440 g/mol. The Kier molecular flexibility index (Phi) is 6.43. The molecule has 5 rings (SSSR count). The molecule has 2 heterocycles. The molecule has 0 saturated heterocycles. The van der Waals surface area contributed by atoms with Crippen LogP contribution in [0.4, 0.5) is 5.82 Å². The van der Waals surface area contributed by atoms with E-state index in [0.29, 0.717) is 5.82 Å². The van der Waals surface area contributed by atoms with Gasteiger partial charge >= 0.3 is 0 Å². The molecule has 0 bridgehead atoms. The summed E-state index contributed by atoms with van der Waals surface area (Å²) in [5, 5.41) is 8.80. The highest BCUT2D eigenvalue weighted by atomic mass is 16.5. The molecule has 8 nitrogen and oxygen atoms in total. The van der Waals surface area contributed by atoms with Crippen molar-refractivity contribution in [1.29, 1.82) is 0 Å². The number of hydrogen-bond donors (Lipinski definition) is 2. The molecular formula is C27H28N6O2. The van der Waals surface area contributed by atoms with E-state index >= 15 is 0 Å². The molecule has 0 aliphatic heterocycles. The fourth-order valence-corrected chi connectivity index (χ4v) is 4.62. The van der Waals surface area contributed by atoms with Crippen molar-refractivity contribution in [1.82, 2.24) is 25.1 Å². The minimum atomic E-state index is -0.0389. The lowest BCUT2D eigenvalue weighted by molar-refractivity contribution is -0.117. The lowest BCUT2D eigenvalue weighted by Gasteiger charge is -2.29. The van der Waals surface area contributed by atoms with Gasteiger partial charge in [-0.3, -0.25) is 4.79 Å². The second-order valence-electron chi connectivity index (χ2n) is 8.70. The van der Waals surface area contributed by atoms with Gasteiger partial charge in [-0.05, 0) is 75.1 Å². The highest BCUT2D eigenvalue weighted by molar-refractivity contribution is 5.98. The molecule has 8 heteroatoms. The van der Waals surface area contributed by atoms with Crippen molar-refractivity contribution in [2.75, 3.05) is 5.73 Å². The minimum absolute atomic E-state index is 0.0389. The van der Waals surface area contributed by atoms with Crippen molar-refractivity contribution in [3.63, 3.8) is 0 Å². The van der Waals surface area contributed by atoms with E-state index in [9.17, 15) is 4.79 Å². The molecule has 0 unspecified atom stereocenters. The molecule has 0 radical (unpaired) electrons. The summed E-state index contributed by atoms with van der Waals surface area (Å²) in [6, 6.07) is 17.8. The number of carbonyl (C=O) groups excluding carboxylic acids is 1. The second kappa shape index (κ2) is 9.97. The van der Waals surface area contributed by atoms with E-state index in [0.717, 1.165) is 59.5 Å². The number of benzene rings is 2. The molecule has 1 saturated carbocycles. The first-order valence-corrected chi connectivity index (χ1v) is 11.9. The molecule has 1 aliphatic rings. The Balaban J connectivity index is 1.39. The Hall–Kier alpha value is -4.20. The van der Waals surface area contributed by atoms with Crippen LogP contribution in [-0.4, -0.2) is 31.7 Å². The zero-order valence-electron chi connectivity index (χ0n) is 19.6. The first-order chi connectivity index (χ1) is 17.1. The smallest absolute Gasteiger partial charge is 0.243 e. The maximum atomic E-state index is 11.9. The molecule has 178 valence electrons. The number of nitrogens with two attached hydrogens (primary N) is 1. The molecule has 0 spiro atoms. The first kappa shape index (κ1) is 22.6. The average molecular weight is 469 g/mol. The van der Waals surface area contributed by atoms with Crippen LogP contribution in [0.2, 0.25) is 0 Å². The monoisotopic (exact) mass is 468 g/mol. The van der Waals surface area contributed by atoms with E-state index in [4.69, 9.17) is 15.6 Å². The number of ether oxygens (including phenoxy) is 1. The number of hydrogen-bond acceptors (Lipinski definition) is 6. The van der Waals surface area contributed by atoms with Crippen molar-refractivity contribution in [3.05, 3.63) is 73.1 Å². The number of para-hydroxylation sites is 1. The third-order valence-electron chi connectivity index (χ3n) is 6.33. The van der Waals surface area contributed by atoms with Crippen LogP contribution < -0.4 is 15.8 Å². The molecule has 1 fully saturated rings. The van der Waals surface area contributed by atoms with Crippen LogP contribution in [-0.2, 0) is 4.79 Å². The van der Waals surface area contributed by atoms with Gasteiger partial charge in [0.15, 0.2) is 5.65 Å². The summed E-state index contributed by atoms with van der Waals surface area (Å²) < 4.78 is 7.91. The predicted molar refractivity (Wildman–Crippen MR) is 136 cm³/mol. The molecule has 3 N–H and O–H groups in total. The van der Waals surface area contributed by atoms with Crippen LogP contribution in [0, 0.1) is 0 Å². The Morgan fingerprint density at radius 3 is 2.46 bits per heavy atom. The van der Waals surface area contributed by atoms with Crippen molar-refractivity contribution in [3.8, 4) is 22.8 Å². The molecule has 1 aliphatic carbocycles. The van der Waals surface area contributed by atoms with E-state index in [1.165, 1.54) is 6.33 Å². The number of aromatic nitrogens is 4. The molecule has 2 aromatic carbocycles. The summed E-state index contributed by atoms with van der Waals surface area (Å²) >= 11 is 0. The standard InChI is InChI=1S/C27H28N6O2/c1-2-6-23(34)31-19-11-13-20(14-12-19)33-27-24(26(28)29-17-30-27)25(32-33)18-9-15-22(16-10-18)35-21-7-4-3-5-8-21/h2-10,15-17,19-20H,11-14H2,1H3,(H,31,34)(H2,28,29,30). The number of nitrogen functional groups attached to an aromatic ring is 1. The molecule has 1 amide bonds. The van der Waals surface area contributed by atoms with Crippen molar-refractivity contribution in [2.45, 2.75) is 44.7 Å². The van der Waals surface area contributed by atoms with E-state index in [1.807, 2.05) is 66.2 Å². The third kappa shape index (κ3) is 4.87. The highest BCUT2D eigenvalue weighted by Crippen LogP contribution is 2.36. The van der Waals surface area contributed by atoms with E-state index < -0.39 is 0 Å². The number of allylic oxidation sites excluding steroid dienone is 1. The van der Waals surface area contributed by atoms with Crippen molar-refractivity contribution in [2.24, 2.45) is 0 Å². The second-order valence-corrected chi connectivity index (χ2v) is 8.70. The fourth-order valence-electron chi connectivity index (χ4n) is 4.62. The quantitative estimate of drug-likeness (QED) is 0.384. The Labute approximate surface area is 203 Å². The zero-order valence-corrected chi connectivity index (χ0v) is 19.6. The van der Waals surface area contributed by atoms with Crippen LogP contribution in [0.25, 0.3) is 22.3 Å². The maximum Gasteiger partial charge on any atom is 0.243 e. The predicted octanol–water partition coefficient (Wildman–Crippen LogP) is 5.04. The Bertz CT molecular complexity index is 1340.